The predicted octanol–water partition coefficient (Wildman–Crippen LogP) is 0.396. The van der Waals surface area contributed by atoms with Gasteiger partial charge in [-0.25, -0.2) is 0 Å². The molecule has 1 heterocycles. The Kier molecular flexibility index (Phi) is 2.97. The van der Waals surface area contributed by atoms with Crippen molar-refractivity contribution in [2.24, 2.45) is 0 Å². The molecule has 0 spiro atoms. The van der Waals surface area contributed by atoms with Crippen LogP contribution in [0, 0.1) is 0 Å². The summed E-state index contributed by atoms with van der Waals surface area (Å²) in [4.78, 5) is 0. The summed E-state index contributed by atoms with van der Waals surface area (Å²) in [6.45, 7) is 4.47. The second-order valence-corrected chi connectivity index (χ2v) is 1.94. The van der Waals surface area contributed by atoms with Gasteiger partial charge in [-0.2, -0.15) is 0 Å². The molecule has 0 N–H and O–H groups in total. The molecule has 1 aliphatic heterocycles. The van der Waals surface area contributed by atoms with Gasteiger partial charge >= 0.3 is 0 Å². The molecule has 3 heteroatoms. The minimum absolute atomic E-state index is 0.156. The van der Waals surface area contributed by atoms with Crippen LogP contribution in [0.1, 0.15) is 6.92 Å². The van der Waals surface area contributed by atoms with E-state index in [2.05, 4.69) is 0 Å². The summed E-state index contributed by atoms with van der Waals surface area (Å²) in [5.41, 5.74) is 0. The molecule has 54 valence electrons. The van der Waals surface area contributed by atoms with Crippen molar-refractivity contribution in [1.29, 1.82) is 0 Å². The smallest absolute Gasteiger partial charge is 0.146 e. The van der Waals surface area contributed by atoms with Crippen molar-refractivity contribution in [3.63, 3.8) is 0 Å². The van der Waals surface area contributed by atoms with Crippen LogP contribution < -0.4 is 0 Å². The molecule has 0 aromatic heterocycles. The molecule has 0 atom stereocenters. The molecule has 0 aromatic rings. The first-order valence-electron chi connectivity index (χ1n) is 3.20. The molecular weight excluding hydrogens is 120 g/mol. The number of hydrogen-bond acceptors (Lipinski definition) is 3. The first kappa shape index (κ1) is 6.99. The molecule has 9 heavy (non-hydrogen) atoms. The largest absolute Gasteiger partial charge is 0.374 e. The van der Waals surface area contributed by atoms with Gasteiger partial charge < -0.3 is 14.2 Å². The highest BCUT2D eigenvalue weighted by atomic mass is 16.7. The molecule has 3 nitrogen and oxygen atoms in total. The first-order valence-corrected chi connectivity index (χ1v) is 3.20. The Morgan fingerprint density at radius 1 is 1.44 bits per heavy atom. The lowest BCUT2D eigenvalue weighted by atomic mass is 10.4. The average Bonchev–Trinajstić information content (AvgIpc) is 1.91. The highest BCUT2D eigenvalue weighted by molar-refractivity contribution is 4.56. The standard InChI is InChI=1S/C6H12O3/c1-2-9-6-3-7-5-8-4-6/h6H,2-5H2,1H3. The SMILES string of the molecule is CCOC1COCOC1. The lowest BCUT2D eigenvalue weighted by Crippen LogP contribution is -2.31. The van der Waals surface area contributed by atoms with E-state index >= 15 is 0 Å². The van der Waals surface area contributed by atoms with Crippen molar-refractivity contribution in [3.8, 4) is 0 Å². The zero-order valence-corrected chi connectivity index (χ0v) is 5.63. The summed E-state index contributed by atoms with van der Waals surface area (Å²) < 4.78 is 15.2. The third-order valence-corrected chi connectivity index (χ3v) is 1.18. The molecule has 0 radical (unpaired) electrons. The number of rotatable bonds is 2. The normalized spacial score (nSPS) is 22.3. The Bertz CT molecular complexity index is 65.9. The Labute approximate surface area is 54.9 Å². The van der Waals surface area contributed by atoms with E-state index in [0.29, 0.717) is 20.0 Å². The zero-order chi connectivity index (χ0) is 6.53. The van der Waals surface area contributed by atoms with E-state index in [0.717, 1.165) is 6.61 Å². The number of hydrogen-bond donors (Lipinski definition) is 0. The van der Waals surface area contributed by atoms with Crippen LogP contribution in [0.4, 0.5) is 0 Å². The van der Waals surface area contributed by atoms with Gasteiger partial charge in [0.25, 0.3) is 0 Å². The lowest BCUT2D eigenvalue weighted by Gasteiger charge is -2.21. The molecule has 0 aliphatic carbocycles. The van der Waals surface area contributed by atoms with E-state index in [4.69, 9.17) is 14.2 Å². The van der Waals surface area contributed by atoms with Crippen molar-refractivity contribution in [3.05, 3.63) is 0 Å². The highest BCUT2D eigenvalue weighted by Gasteiger charge is 2.12. The van der Waals surface area contributed by atoms with Crippen LogP contribution in [0.2, 0.25) is 0 Å². The average molecular weight is 132 g/mol. The molecule has 0 aromatic carbocycles. The van der Waals surface area contributed by atoms with Crippen LogP contribution >= 0.6 is 0 Å². The maximum Gasteiger partial charge on any atom is 0.146 e. The third-order valence-electron chi connectivity index (χ3n) is 1.18. The van der Waals surface area contributed by atoms with Crippen molar-refractivity contribution >= 4 is 0 Å². The predicted molar refractivity (Wildman–Crippen MR) is 32.2 cm³/mol. The van der Waals surface area contributed by atoms with Crippen LogP contribution in [-0.2, 0) is 14.2 Å². The summed E-state index contributed by atoms with van der Waals surface area (Å²) in [5, 5.41) is 0. The number of ether oxygens (including phenoxy) is 3. The molecule has 1 fully saturated rings. The molecule has 0 bridgehead atoms. The van der Waals surface area contributed by atoms with E-state index in [1.165, 1.54) is 0 Å². The Morgan fingerprint density at radius 2 is 2.11 bits per heavy atom. The third kappa shape index (κ3) is 2.30. The van der Waals surface area contributed by atoms with E-state index in [1.807, 2.05) is 6.92 Å². The quantitative estimate of drug-likeness (QED) is 0.544. The monoisotopic (exact) mass is 132 g/mol. The lowest BCUT2D eigenvalue weighted by molar-refractivity contribution is -0.166. The fourth-order valence-corrected chi connectivity index (χ4v) is 0.798. The van der Waals surface area contributed by atoms with Crippen molar-refractivity contribution in [2.45, 2.75) is 13.0 Å². The van der Waals surface area contributed by atoms with E-state index in [9.17, 15) is 0 Å². The molecule has 1 aliphatic rings. The van der Waals surface area contributed by atoms with Crippen molar-refractivity contribution < 1.29 is 14.2 Å². The second-order valence-electron chi connectivity index (χ2n) is 1.94. The van der Waals surface area contributed by atoms with Gasteiger partial charge in [-0.1, -0.05) is 0 Å². The van der Waals surface area contributed by atoms with Gasteiger partial charge in [0, 0.05) is 6.61 Å². The minimum atomic E-state index is 0.156. The molecular formula is C6H12O3. The van der Waals surface area contributed by atoms with Gasteiger partial charge in [0.1, 0.15) is 12.9 Å². The van der Waals surface area contributed by atoms with Gasteiger partial charge in [-0.15, -0.1) is 0 Å². The molecule has 0 amide bonds. The molecule has 0 saturated carbocycles. The summed E-state index contributed by atoms with van der Waals surface area (Å²) >= 11 is 0. The van der Waals surface area contributed by atoms with Gasteiger partial charge in [0.05, 0.1) is 13.2 Å². The first-order chi connectivity index (χ1) is 4.43. The second kappa shape index (κ2) is 3.82. The van der Waals surface area contributed by atoms with Crippen molar-refractivity contribution in [1.82, 2.24) is 0 Å². The highest BCUT2D eigenvalue weighted by Crippen LogP contribution is 2.00. The van der Waals surface area contributed by atoms with Crippen LogP contribution in [0.25, 0.3) is 0 Å². The van der Waals surface area contributed by atoms with E-state index in [-0.39, 0.29) is 6.10 Å². The topological polar surface area (TPSA) is 27.7 Å². The van der Waals surface area contributed by atoms with Crippen LogP contribution in [0.3, 0.4) is 0 Å². The Morgan fingerprint density at radius 3 is 2.67 bits per heavy atom. The molecule has 1 rings (SSSR count). The van der Waals surface area contributed by atoms with Crippen molar-refractivity contribution in [2.75, 3.05) is 26.6 Å². The Balaban J connectivity index is 2.08. The molecule has 1 saturated heterocycles. The fraction of sp³-hybridized carbons (Fsp3) is 1.00. The van der Waals surface area contributed by atoms with Gasteiger partial charge in [0.15, 0.2) is 0 Å². The van der Waals surface area contributed by atoms with Crippen LogP contribution in [0.5, 0.6) is 0 Å². The zero-order valence-electron chi connectivity index (χ0n) is 5.63. The maximum absolute atomic E-state index is 5.23. The van der Waals surface area contributed by atoms with Gasteiger partial charge in [0.2, 0.25) is 0 Å². The maximum atomic E-state index is 5.23. The Hall–Kier alpha value is -0.120. The summed E-state index contributed by atoms with van der Waals surface area (Å²) in [5.74, 6) is 0. The summed E-state index contributed by atoms with van der Waals surface area (Å²) in [6, 6.07) is 0. The minimum Gasteiger partial charge on any atom is -0.374 e. The van der Waals surface area contributed by atoms with Crippen LogP contribution in [0.15, 0.2) is 0 Å². The fourth-order valence-electron chi connectivity index (χ4n) is 0.798. The van der Waals surface area contributed by atoms with Crippen LogP contribution in [-0.4, -0.2) is 32.7 Å². The molecule has 0 unspecified atom stereocenters. The summed E-state index contributed by atoms with van der Waals surface area (Å²) in [6.07, 6.45) is 0.156. The van der Waals surface area contributed by atoms with Gasteiger partial charge in [-0.05, 0) is 6.92 Å². The van der Waals surface area contributed by atoms with E-state index < -0.39 is 0 Å². The van der Waals surface area contributed by atoms with E-state index in [1.54, 1.807) is 0 Å². The summed E-state index contributed by atoms with van der Waals surface area (Å²) in [7, 11) is 0. The van der Waals surface area contributed by atoms with Gasteiger partial charge in [-0.3, -0.25) is 0 Å².